The summed E-state index contributed by atoms with van der Waals surface area (Å²) >= 11 is 3.83. The van der Waals surface area contributed by atoms with Gasteiger partial charge in [0.15, 0.2) is 0 Å². The number of fused-ring (bicyclic) bond motifs is 4. The van der Waals surface area contributed by atoms with Crippen molar-refractivity contribution in [2.24, 2.45) is 0 Å². The lowest BCUT2D eigenvalue weighted by molar-refractivity contribution is 0.303. The zero-order chi connectivity index (χ0) is 36.3. The third-order valence-corrected chi connectivity index (χ3v) is 11.6. The highest BCUT2D eigenvalue weighted by Gasteiger charge is 2.22. The average Bonchev–Trinajstić information content (AvgIpc) is 3.60. The molecule has 1 aromatic heterocycles. The van der Waals surface area contributed by atoms with E-state index in [4.69, 9.17) is 4.74 Å². The molecule has 4 aliphatic heterocycles. The highest BCUT2D eigenvalue weighted by atomic mass is 32.2. The Morgan fingerprint density at radius 1 is 0.529 bits per heavy atom. The normalized spacial score (nSPS) is 15.8. The highest BCUT2D eigenvalue weighted by molar-refractivity contribution is 7.99. The maximum atomic E-state index is 5.56. The summed E-state index contributed by atoms with van der Waals surface area (Å²) in [5.74, 6) is 3.39. The van der Waals surface area contributed by atoms with Crippen LogP contribution < -0.4 is 24.3 Å². The van der Waals surface area contributed by atoms with Crippen LogP contribution in [0.15, 0.2) is 101 Å². The summed E-state index contributed by atoms with van der Waals surface area (Å²) in [6, 6.07) is 32.2. The number of aromatic nitrogens is 1. The molecule has 4 aliphatic rings. The molecule has 0 N–H and O–H groups in total. The summed E-state index contributed by atoms with van der Waals surface area (Å²) < 4.78 is 5.56. The van der Waals surface area contributed by atoms with Gasteiger partial charge in [-0.15, -0.1) is 23.5 Å². The number of hydrogen-bond acceptors (Lipinski definition) is 8. The van der Waals surface area contributed by atoms with E-state index in [0.29, 0.717) is 24.2 Å². The molecule has 3 aromatic carbocycles. The number of anilines is 4. The smallest absolute Gasteiger partial charge is 0.142 e. The Bertz CT molecular complexity index is 1510. The minimum atomic E-state index is 0.546. The van der Waals surface area contributed by atoms with E-state index in [1.807, 2.05) is 47.9 Å². The summed E-state index contributed by atoms with van der Waals surface area (Å²) in [6.45, 7) is 23.2. The van der Waals surface area contributed by atoms with Crippen molar-refractivity contribution in [3.05, 3.63) is 96.7 Å². The molecule has 274 valence electrons. The van der Waals surface area contributed by atoms with E-state index in [0.717, 1.165) is 31.2 Å². The largest absolute Gasteiger partial charge is 0.490 e. The summed E-state index contributed by atoms with van der Waals surface area (Å²) in [6.07, 6.45) is 3.09. The maximum Gasteiger partial charge on any atom is 0.142 e. The van der Waals surface area contributed by atoms with Gasteiger partial charge in [0.25, 0.3) is 0 Å². The van der Waals surface area contributed by atoms with E-state index in [1.54, 1.807) is 0 Å². The number of ether oxygens (including phenoxy) is 1. The Hall–Kier alpha value is -3.49. The second kappa shape index (κ2) is 18.8. The molecule has 5 heterocycles. The van der Waals surface area contributed by atoms with Crippen LogP contribution in [0.2, 0.25) is 0 Å². The van der Waals surface area contributed by atoms with Crippen LogP contribution in [0.25, 0.3) is 0 Å². The first-order valence-electron chi connectivity index (χ1n) is 18.8. The van der Waals surface area contributed by atoms with Gasteiger partial charge in [0.05, 0.1) is 23.6 Å². The third kappa shape index (κ3) is 10.1. The van der Waals surface area contributed by atoms with E-state index in [9.17, 15) is 0 Å². The van der Waals surface area contributed by atoms with Crippen molar-refractivity contribution in [1.29, 1.82) is 0 Å². The van der Waals surface area contributed by atoms with Crippen molar-refractivity contribution in [3.8, 4) is 5.75 Å². The molecule has 0 saturated carbocycles. The van der Waals surface area contributed by atoms with Crippen LogP contribution in [0.3, 0.4) is 0 Å². The molecular weight excluding hydrogens is 667 g/mol. The van der Waals surface area contributed by atoms with Crippen LogP contribution in [0.1, 0.15) is 61.0 Å². The van der Waals surface area contributed by atoms with E-state index in [2.05, 4.69) is 147 Å². The van der Waals surface area contributed by atoms with Gasteiger partial charge >= 0.3 is 0 Å². The summed E-state index contributed by atoms with van der Waals surface area (Å²) in [4.78, 5) is 15.5. The minimum Gasteiger partial charge on any atom is -0.490 e. The Morgan fingerprint density at radius 2 is 1.06 bits per heavy atom. The summed E-state index contributed by atoms with van der Waals surface area (Å²) in [7, 11) is 0. The zero-order valence-corrected chi connectivity index (χ0v) is 33.7. The zero-order valence-electron chi connectivity index (χ0n) is 32.1. The van der Waals surface area contributed by atoms with Gasteiger partial charge < -0.3 is 24.3 Å². The Balaban J connectivity index is 0.000000132. The van der Waals surface area contributed by atoms with Gasteiger partial charge in [-0.1, -0.05) is 42.5 Å². The number of para-hydroxylation sites is 4. The lowest BCUT2D eigenvalue weighted by atomic mass is 10.2. The fourth-order valence-electron chi connectivity index (χ4n) is 6.96. The third-order valence-electron chi connectivity index (χ3n) is 9.58. The quantitative estimate of drug-likeness (QED) is 0.206. The van der Waals surface area contributed by atoms with Crippen LogP contribution in [0.5, 0.6) is 5.75 Å². The molecule has 0 spiro atoms. The molecule has 0 saturated heterocycles. The Kier molecular flexibility index (Phi) is 14.3. The van der Waals surface area contributed by atoms with Crippen LogP contribution in [0.4, 0.5) is 22.7 Å². The topological polar surface area (TPSA) is 35.1 Å². The Morgan fingerprint density at radius 3 is 1.76 bits per heavy atom. The van der Waals surface area contributed by atoms with Gasteiger partial charge in [-0.2, -0.15) is 0 Å². The number of thioether (sulfide) groups is 2. The molecule has 0 unspecified atom stereocenters. The number of benzene rings is 3. The molecule has 0 amide bonds. The first-order valence-corrected chi connectivity index (χ1v) is 20.8. The van der Waals surface area contributed by atoms with E-state index in [-0.39, 0.29) is 0 Å². The SMILES string of the molecule is CC(C)N1CCOc2ccccc21.CC(C)N1CCSc2ccccc21.CC(C)N1CCSc2ncccc21.CC(C)N1CCc2ccccc21. The molecule has 8 heteroatoms. The van der Waals surface area contributed by atoms with Crippen LogP contribution in [-0.4, -0.2) is 73.4 Å². The van der Waals surface area contributed by atoms with Crippen molar-refractivity contribution in [2.75, 3.05) is 63.9 Å². The average molecular weight is 726 g/mol. The maximum absolute atomic E-state index is 5.56. The highest BCUT2D eigenvalue weighted by Crippen LogP contribution is 2.36. The lowest BCUT2D eigenvalue weighted by Gasteiger charge is -2.34. The number of hydrogen-bond donors (Lipinski definition) is 0. The fourth-order valence-corrected chi connectivity index (χ4v) is 8.93. The van der Waals surface area contributed by atoms with Crippen LogP contribution >= 0.6 is 23.5 Å². The summed E-state index contributed by atoms with van der Waals surface area (Å²) in [5, 5.41) is 1.18. The molecular formula is C43H59N5OS2. The first kappa shape index (κ1) is 38.7. The van der Waals surface area contributed by atoms with E-state index >= 15 is 0 Å². The van der Waals surface area contributed by atoms with Crippen LogP contribution in [0, 0.1) is 0 Å². The number of pyridine rings is 1. The molecule has 4 aromatic rings. The monoisotopic (exact) mass is 725 g/mol. The lowest BCUT2D eigenvalue weighted by Crippen LogP contribution is -2.37. The summed E-state index contributed by atoms with van der Waals surface area (Å²) in [5.41, 5.74) is 6.88. The molecule has 0 fully saturated rings. The molecule has 51 heavy (non-hydrogen) atoms. The van der Waals surface area contributed by atoms with Crippen molar-refractivity contribution in [1.82, 2.24) is 4.98 Å². The van der Waals surface area contributed by atoms with Crippen molar-refractivity contribution < 1.29 is 4.74 Å². The molecule has 0 radical (unpaired) electrons. The van der Waals surface area contributed by atoms with Crippen LogP contribution in [-0.2, 0) is 6.42 Å². The molecule has 8 rings (SSSR count). The van der Waals surface area contributed by atoms with Crippen molar-refractivity contribution in [3.63, 3.8) is 0 Å². The van der Waals surface area contributed by atoms with Gasteiger partial charge in [0.2, 0.25) is 0 Å². The second-order valence-electron chi connectivity index (χ2n) is 14.3. The number of rotatable bonds is 4. The minimum absolute atomic E-state index is 0.546. The molecule has 0 atom stereocenters. The van der Waals surface area contributed by atoms with Gasteiger partial charge in [-0.05, 0) is 110 Å². The van der Waals surface area contributed by atoms with Gasteiger partial charge in [0.1, 0.15) is 17.4 Å². The van der Waals surface area contributed by atoms with Gasteiger partial charge in [0, 0.05) is 72.1 Å². The standard InChI is InChI=1S/C11H15NO.C11H15NS.C11H15N.C10H14N2S/c2*1-9(2)12-7-8-13-11-6-4-3-5-10(11)12;1-9(2)12-8-7-10-5-3-4-6-11(10)12;1-8(2)12-6-7-13-10-9(12)4-3-5-11-10/h2*3-6,9H,7-8H2,1-2H3;3-6,9H,7-8H2,1-2H3;3-5,8H,6-7H2,1-2H3. The van der Waals surface area contributed by atoms with Gasteiger partial charge in [-0.25, -0.2) is 4.98 Å². The molecule has 0 aliphatic carbocycles. The molecule has 6 nitrogen and oxygen atoms in total. The predicted octanol–water partition coefficient (Wildman–Crippen LogP) is 10.2. The van der Waals surface area contributed by atoms with Crippen molar-refractivity contribution >= 4 is 46.3 Å². The fraction of sp³-hybridized carbons (Fsp3) is 0.465. The number of nitrogens with zero attached hydrogens (tertiary/aromatic N) is 5. The first-order chi connectivity index (χ1) is 24.7. The predicted molar refractivity (Wildman–Crippen MR) is 224 cm³/mol. The van der Waals surface area contributed by atoms with E-state index < -0.39 is 0 Å². The molecule has 0 bridgehead atoms. The van der Waals surface area contributed by atoms with Crippen molar-refractivity contribution in [2.45, 2.75) is 95.9 Å². The Labute approximate surface area is 317 Å². The second-order valence-corrected chi connectivity index (χ2v) is 16.6. The van der Waals surface area contributed by atoms with E-state index in [1.165, 1.54) is 63.5 Å². The van der Waals surface area contributed by atoms with Gasteiger partial charge in [-0.3, -0.25) is 0 Å².